The highest BCUT2D eigenvalue weighted by molar-refractivity contribution is 6.08. The van der Waals surface area contributed by atoms with E-state index in [-0.39, 0.29) is 12.4 Å². The van der Waals surface area contributed by atoms with Gasteiger partial charge in [-0.2, -0.15) is 0 Å². The highest BCUT2D eigenvalue weighted by atomic mass is 16.5. The zero-order valence-electron chi connectivity index (χ0n) is 12.7. The molecule has 0 aliphatic carbocycles. The first-order valence-electron chi connectivity index (χ1n) is 7.40. The molecule has 0 saturated heterocycles. The van der Waals surface area contributed by atoms with Crippen LogP contribution in [-0.2, 0) is 13.0 Å². The van der Waals surface area contributed by atoms with Gasteiger partial charge in [0.2, 0.25) is 5.89 Å². The molecule has 3 aromatic rings. The Balaban J connectivity index is 1.64. The van der Waals surface area contributed by atoms with Gasteiger partial charge in [0.05, 0.1) is 0 Å². The van der Waals surface area contributed by atoms with E-state index in [0.717, 1.165) is 0 Å². The first-order valence-corrected chi connectivity index (χ1v) is 7.40. The lowest BCUT2D eigenvalue weighted by Crippen LogP contribution is -2.01. The SMILES string of the molecule is CCc1nnc(COc2ccc(C(=O)c3ccccc3)cc2)o1. The summed E-state index contributed by atoms with van der Waals surface area (Å²) in [4.78, 5) is 12.3. The van der Waals surface area contributed by atoms with Crippen molar-refractivity contribution in [3.05, 3.63) is 77.5 Å². The molecule has 0 aliphatic rings. The van der Waals surface area contributed by atoms with Gasteiger partial charge in [-0.3, -0.25) is 4.79 Å². The maximum absolute atomic E-state index is 12.3. The number of rotatable bonds is 6. The second kappa shape index (κ2) is 6.87. The van der Waals surface area contributed by atoms with Crippen LogP contribution >= 0.6 is 0 Å². The van der Waals surface area contributed by atoms with Crippen LogP contribution in [-0.4, -0.2) is 16.0 Å². The fourth-order valence-electron chi connectivity index (χ4n) is 2.09. The molecule has 0 bridgehead atoms. The van der Waals surface area contributed by atoms with E-state index >= 15 is 0 Å². The molecule has 116 valence electrons. The van der Waals surface area contributed by atoms with E-state index in [0.29, 0.717) is 35.1 Å². The second-order valence-corrected chi connectivity index (χ2v) is 4.95. The van der Waals surface area contributed by atoms with Crippen molar-refractivity contribution in [3.8, 4) is 5.75 Å². The molecule has 0 aliphatic heterocycles. The Bertz CT molecular complexity index is 780. The fourth-order valence-corrected chi connectivity index (χ4v) is 2.09. The topological polar surface area (TPSA) is 65.2 Å². The van der Waals surface area contributed by atoms with Crippen molar-refractivity contribution in [1.29, 1.82) is 0 Å². The summed E-state index contributed by atoms with van der Waals surface area (Å²) in [5, 5.41) is 7.77. The van der Waals surface area contributed by atoms with Gasteiger partial charge in [-0.15, -0.1) is 10.2 Å². The Kier molecular flexibility index (Phi) is 4.47. The summed E-state index contributed by atoms with van der Waals surface area (Å²) in [6.07, 6.45) is 0.698. The van der Waals surface area contributed by atoms with E-state index in [1.54, 1.807) is 36.4 Å². The average Bonchev–Trinajstić information content (AvgIpc) is 3.09. The molecule has 3 rings (SSSR count). The summed E-state index contributed by atoms with van der Waals surface area (Å²) in [7, 11) is 0. The predicted octanol–water partition coefficient (Wildman–Crippen LogP) is 3.44. The number of ether oxygens (including phenoxy) is 1. The molecule has 0 unspecified atom stereocenters. The van der Waals surface area contributed by atoms with Crippen molar-refractivity contribution in [2.24, 2.45) is 0 Å². The number of carbonyl (C=O) groups is 1. The van der Waals surface area contributed by atoms with E-state index in [9.17, 15) is 4.79 Å². The average molecular weight is 308 g/mol. The number of hydrogen-bond acceptors (Lipinski definition) is 5. The lowest BCUT2D eigenvalue weighted by atomic mass is 10.0. The molecule has 0 spiro atoms. The fraction of sp³-hybridized carbons (Fsp3) is 0.167. The van der Waals surface area contributed by atoms with Crippen molar-refractivity contribution < 1.29 is 13.9 Å². The molecule has 0 atom stereocenters. The van der Waals surface area contributed by atoms with Gasteiger partial charge in [0.15, 0.2) is 12.4 Å². The maximum atomic E-state index is 12.3. The van der Waals surface area contributed by atoms with Crippen LogP contribution in [0.5, 0.6) is 5.75 Å². The molecular formula is C18H16N2O3. The van der Waals surface area contributed by atoms with Crippen LogP contribution in [0.15, 0.2) is 59.0 Å². The molecular weight excluding hydrogens is 292 g/mol. The number of aryl methyl sites for hydroxylation is 1. The van der Waals surface area contributed by atoms with E-state index in [1.165, 1.54) is 0 Å². The minimum Gasteiger partial charge on any atom is -0.484 e. The van der Waals surface area contributed by atoms with Gasteiger partial charge < -0.3 is 9.15 Å². The molecule has 0 radical (unpaired) electrons. The standard InChI is InChI=1S/C18H16N2O3/c1-2-16-19-20-17(23-16)12-22-15-10-8-14(9-11-15)18(21)13-6-4-3-5-7-13/h3-11H,2,12H2,1H3. The minimum atomic E-state index is -0.0124. The minimum absolute atomic E-state index is 0.0124. The molecule has 0 amide bonds. The number of ketones is 1. The van der Waals surface area contributed by atoms with Crippen LogP contribution < -0.4 is 4.74 Å². The predicted molar refractivity (Wildman–Crippen MR) is 84.3 cm³/mol. The van der Waals surface area contributed by atoms with Crippen molar-refractivity contribution in [1.82, 2.24) is 10.2 Å². The van der Waals surface area contributed by atoms with Gasteiger partial charge in [-0.25, -0.2) is 0 Å². The Labute approximate surface area is 133 Å². The van der Waals surface area contributed by atoms with Crippen LogP contribution in [0.4, 0.5) is 0 Å². The largest absolute Gasteiger partial charge is 0.484 e. The van der Waals surface area contributed by atoms with Gasteiger partial charge in [-0.05, 0) is 24.3 Å². The van der Waals surface area contributed by atoms with Gasteiger partial charge in [0.1, 0.15) is 5.75 Å². The molecule has 1 heterocycles. The normalized spacial score (nSPS) is 10.5. The highest BCUT2D eigenvalue weighted by Gasteiger charge is 2.09. The molecule has 2 aromatic carbocycles. The first-order chi connectivity index (χ1) is 11.3. The van der Waals surface area contributed by atoms with Gasteiger partial charge >= 0.3 is 0 Å². The zero-order chi connectivity index (χ0) is 16.1. The number of nitrogens with zero attached hydrogens (tertiary/aromatic N) is 2. The maximum Gasteiger partial charge on any atom is 0.253 e. The second-order valence-electron chi connectivity index (χ2n) is 4.95. The van der Waals surface area contributed by atoms with Crippen molar-refractivity contribution in [2.75, 3.05) is 0 Å². The van der Waals surface area contributed by atoms with Crippen LogP contribution in [0, 0.1) is 0 Å². The highest BCUT2D eigenvalue weighted by Crippen LogP contribution is 2.16. The van der Waals surface area contributed by atoms with E-state index in [1.807, 2.05) is 25.1 Å². The first kappa shape index (κ1) is 15.0. The monoisotopic (exact) mass is 308 g/mol. The summed E-state index contributed by atoms with van der Waals surface area (Å²) in [6.45, 7) is 2.15. The number of hydrogen-bond donors (Lipinski definition) is 0. The number of carbonyl (C=O) groups excluding carboxylic acids is 1. The quantitative estimate of drug-likeness (QED) is 0.653. The van der Waals surface area contributed by atoms with E-state index < -0.39 is 0 Å². The summed E-state index contributed by atoms with van der Waals surface area (Å²) in [5.41, 5.74) is 1.29. The molecule has 0 fully saturated rings. The summed E-state index contributed by atoms with van der Waals surface area (Å²) < 4.78 is 11.0. The van der Waals surface area contributed by atoms with Crippen LogP contribution in [0.3, 0.4) is 0 Å². The third kappa shape index (κ3) is 3.63. The number of benzene rings is 2. The Morgan fingerprint density at radius 2 is 1.61 bits per heavy atom. The van der Waals surface area contributed by atoms with Crippen molar-refractivity contribution in [2.45, 2.75) is 20.0 Å². The smallest absolute Gasteiger partial charge is 0.253 e. The molecule has 0 saturated carbocycles. The Hall–Kier alpha value is -2.95. The Morgan fingerprint density at radius 1 is 0.957 bits per heavy atom. The van der Waals surface area contributed by atoms with Crippen molar-refractivity contribution >= 4 is 5.78 Å². The van der Waals surface area contributed by atoms with Gasteiger partial charge in [0.25, 0.3) is 5.89 Å². The zero-order valence-corrected chi connectivity index (χ0v) is 12.7. The summed E-state index contributed by atoms with van der Waals surface area (Å²) in [6, 6.07) is 16.2. The molecule has 23 heavy (non-hydrogen) atoms. The van der Waals surface area contributed by atoms with Crippen LogP contribution in [0.1, 0.15) is 34.6 Å². The van der Waals surface area contributed by atoms with Crippen LogP contribution in [0.25, 0.3) is 0 Å². The van der Waals surface area contributed by atoms with E-state index in [4.69, 9.17) is 9.15 Å². The molecule has 5 heteroatoms. The van der Waals surface area contributed by atoms with Crippen molar-refractivity contribution in [3.63, 3.8) is 0 Å². The van der Waals surface area contributed by atoms with E-state index in [2.05, 4.69) is 10.2 Å². The third-order valence-corrected chi connectivity index (χ3v) is 3.33. The number of aromatic nitrogens is 2. The van der Waals surface area contributed by atoms with Gasteiger partial charge in [-0.1, -0.05) is 37.3 Å². The van der Waals surface area contributed by atoms with Gasteiger partial charge in [0, 0.05) is 17.5 Å². The molecule has 0 N–H and O–H groups in total. The Morgan fingerprint density at radius 3 is 2.26 bits per heavy atom. The summed E-state index contributed by atoms with van der Waals surface area (Å²) >= 11 is 0. The molecule has 1 aromatic heterocycles. The third-order valence-electron chi connectivity index (χ3n) is 3.33. The lowest BCUT2D eigenvalue weighted by molar-refractivity contribution is 0.103. The van der Waals surface area contributed by atoms with Crippen LogP contribution in [0.2, 0.25) is 0 Å². The lowest BCUT2D eigenvalue weighted by Gasteiger charge is -2.05. The summed E-state index contributed by atoms with van der Waals surface area (Å²) in [5.74, 6) is 1.66. The molecule has 5 nitrogen and oxygen atoms in total.